The van der Waals surface area contributed by atoms with Gasteiger partial charge in [0.15, 0.2) is 6.61 Å². The van der Waals surface area contributed by atoms with Crippen molar-refractivity contribution in [1.82, 2.24) is 4.90 Å². The smallest absolute Gasteiger partial charge is 0.260 e. The molecule has 0 aliphatic carbocycles. The van der Waals surface area contributed by atoms with Crippen molar-refractivity contribution in [2.24, 2.45) is 5.92 Å². The maximum Gasteiger partial charge on any atom is 0.260 e. The number of amides is 1. The van der Waals surface area contributed by atoms with E-state index in [1.807, 2.05) is 24.0 Å². The van der Waals surface area contributed by atoms with Gasteiger partial charge in [-0.2, -0.15) is 0 Å². The predicted octanol–water partition coefficient (Wildman–Crippen LogP) is 1.69. The number of carbonyl (C=O) groups is 1. The quantitative estimate of drug-likeness (QED) is 0.831. The minimum atomic E-state index is 0.00400. The fraction of sp³-hybridized carbons (Fsp3) is 0.562. The van der Waals surface area contributed by atoms with E-state index in [1.165, 1.54) is 0 Å². The Kier molecular flexibility index (Phi) is 5.87. The molecule has 1 atom stereocenters. The Morgan fingerprint density at radius 1 is 1.29 bits per heavy atom. The predicted molar refractivity (Wildman–Crippen MR) is 79.5 cm³/mol. The van der Waals surface area contributed by atoms with E-state index in [9.17, 15) is 4.79 Å². The van der Waals surface area contributed by atoms with Crippen LogP contribution in [0, 0.1) is 5.92 Å². The molecule has 1 aromatic carbocycles. The summed E-state index contributed by atoms with van der Waals surface area (Å²) in [6.45, 7) is 4.29. The zero-order chi connectivity index (χ0) is 15.1. The minimum Gasteiger partial charge on any atom is -0.494 e. The normalized spacial score (nSPS) is 17.8. The van der Waals surface area contributed by atoms with Crippen molar-refractivity contribution in [3.63, 3.8) is 0 Å². The molecule has 0 aromatic heterocycles. The van der Waals surface area contributed by atoms with Crippen LogP contribution in [0.5, 0.6) is 11.5 Å². The summed E-state index contributed by atoms with van der Waals surface area (Å²) in [4.78, 5) is 13.9. The van der Waals surface area contributed by atoms with Crippen molar-refractivity contribution < 1.29 is 19.4 Å². The van der Waals surface area contributed by atoms with Crippen LogP contribution in [0.3, 0.4) is 0 Å². The molecule has 1 fully saturated rings. The lowest BCUT2D eigenvalue weighted by molar-refractivity contribution is -0.132. The number of rotatable bonds is 7. The molecule has 1 unspecified atom stereocenters. The molecule has 0 bridgehead atoms. The highest BCUT2D eigenvalue weighted by Gasteiger charge is 2.25. The number of carbonyl (C=O) groups excluding carboxylic acids is 1. The van der Waals surface area contributed by atoms with Crippen molar-refractivity contribution >= 4 is 5.91 Å². The van der Waals surface area contributed by atoms with Crippen molar-refractivity contribution in [3.05, 3.63) is 24.3 Å². The zero-order valence-electron chi connectivity index (χ0n) is 12.5. The third-order valence-corrected chi connectivity index (χ3v) is 3.67. The van der Waals surface area contributed by atoms with Gasteiger partial charge >= 0.3 is 0 Å². The van der Waals surface area contributed by atoms with E-state index in [0.717, 1.165) is 31.7 Å². The van der Waals surface area contributed by atoms with Crippen LogP contribution in [0.2, 0.25) is 0 Å². The molecule has 1 N–H and O–H groups in total. The van der Waals surface area contributed by atoms with Gasteiger partial charge in [-0.3, -0.25) is 4.79 Å². The molecular formula is C16H23NO4. The molecule has 0 spiro atoms. The molecule has 1 saturated heterocycles. The Morgan fingerprint density at radius 2 is 1.95 bits per heavy atom. The second kappa shape index (κ2) is 7.88. The molecule has 2 rings (SSSR count). The molecule has 0 saturated carbocycles. The Labute approximate surface area is 125 Å². The first kappa shape index (κ1) is 15.6. The maximum atomic E-state index is 12.1. The summed E-state index contributed by atoms with van der Waals surface area (Å²) in [5.74, 6) is 1.88. The highest BCUT2D eigenvalue weighted by Crippen LogP contribution is 2.20. The van der Waals surface area contributed by atoms with E-state index >= 15 is 0 Å². The van der Waals surface area contributed by atoms with Gasteiger partial charge in [0.2, 0.25) is 0 Å². The lowest BCUT2D eigenvalue weighted by atomic mass is 10.1. The molecule has 1 aliphatic heterocycles. The van der Waals surface area contributed by atoms with Gasteiger partial charge in [0.1, 0.15) is 11.5 Å². The fourth-order valence-corrected chi connectivity index (χ4v) is 2.51. The van der Waals surface area contributed by atoms with Crippen LogP contribution in [-0.2, 0) is 4.79 Å². The fourth-order valence-electron chi connectivity index (χ4n) is 2.51. The second-order valence-corrected chi connectivity index (χ2v) is 5.20. The first-order valence-electron chi connectivity index (χ1n) is 7.47. The SMILES string of the molecule is CCOc1ccc(OCC(=O)N2CCC(CCO)C2)cc1. The molecule has 5 heteroatoms. The van der Waals surface area contributed by atoms with Gasteiger partial charge < -0.3 is 19.5 Å². The van der Waals surface area contributed by atoms with Gasteiger partial charge in [-0.05, 0) is 49.9 Å². The van der Waals surface area contributed by atoms with Crippen LogP contribution >= 0.6 is 0 Å². The van der Waals surface area contributed by atoms with Crippen LogP contribution in [0.4, 0.5) is 0 Å². The van der Waals surface area contributed by atoms with Crippen molar-refractivity contribution in [2.75, 3.05) is 32.9 Å². The number of likely N-dealkylation sites (tertiary alicyclic amines) is 1. The molecule has 5 nitrogen and oxygen atoms in total. The molecule has 1 aliphatic rings. The lowest BCUT2D eigenvalue weighted by Gasteiger charge is -2.16. The lowest BCUT2D eigenvalue weighted by Crippen LogP contribution is -2.33. The summed E-state index contributed by atoms with van der Waals surface area (Å²) in [6, 6.07) is 7.26. The average molecular weight is 293 g/mol. The largest absolute Gasteiger partial charge is 0.494 e. The number of aliphatic hydroxyl groups is 1. The molecule has 21 heavy (non-hydrogen) atoms. The van der Waals surface area contributed by atoms with Gasteiger partial charge in [-0.1, -0.05) is 0 Å². The summed E-state index contributed by atoms with van der Waals surface area (Å²) < 4.78 is 10.9. The van der Waals surface area contributed by atoms with Crippen LogP contribution in [-0.4, -0.2) is 48.8 Å². The molecule has 1 amide bonds. The van der Waals surface area contributed by atoms with Crippen LogP contribution in [0.25, 0.3) is 0 Å². The third kappa shape index (κ3) is 4.63. The number of benzene rings is 1. The Balaban J connectivity index is 1.76. The number of nitrogens with zero attached hydrogens (tertiary/aromatic N) is 1. The average Bonchev–Trinajstić information content (AvgIpc) is 2.96. The number of hydrogen-bond acceptors (Lipinski definition) is 4. The first-order chi connectivity index (χ1) is 10.2. The zero-order valence-corrected chi connectivity index (χ0v) is 12.5. The Bertz CT molecular complexity index is 446. The number of ether oxygens (including phenoxy) is 2. The third-order valence-electron chi connectivity index (χ3n) is 3.67. The van der Waals surface area contributed by atoms with Crippen molar-refractivity contribution in [2.45, 2.75) is 19.8 Å². The highest BCUT2D eigenvalue weighted by atomic mass is 16.5. The van der Waals surface area contributed by atoms with Crippen LogP contribution < -0.4 is 9.47 Å². The maximum absolute atomic E-state index is 12.1. The number of hydrogen-bond donors (Lipinski definition) is 1. The summed E-state index contributed by atoms with van der Waals surface area (Å²) >= 11 is 0. The van der Waals surface area contributed by atoms with Gasteiger partial charge in [0.25, 0.3) is 5.91 Å². The Hall–Kier alpha value is -1.75. The monoisotopic (exact) mass is 293 g/mol. The summed E-state index contributed by atoms with van der Waals surface area (Å²) in [5.41, 5.74) is 0. The van der Waals surface area contributed by atoms with Gasteiger partial charge in [-0.25, -0.2) is 0 Å². The standard InChI is InChI=1S/C16H23NO4/c1-2-20-14-3-5-15(6-4-14)21-12-16(19)17-9-7-13(11-17)8-10-18/h3-6,13,18H,2,7-12H2,1H3. The van der Waals surface area contributed by atoms with E-state index in [4.69, 9.17) is 14.6 Å². The topological polar surface area (TPSA) is 59.0 Å². The van der Waals surface area contributed by atoms with E-state index in [1.54, 1.807) is 12.1 Å². The van der Waals surface area contributed by atoms with E-state index in [-0.39, 0.29) is 19.1 Å². The first-order valence-corrected chi connectivity index (χ1v) is 7.47. The molecule has 1 aromatic rings. The van der Waals surface area contributed by atoms with E-state index < -0.39 is 0 Å². The van der Waals surface area contributed by atoms with Crippen molar-refractivity contribution in [3.8, 4) is 11.5 Å². The van der Waals surface area contributed by atoms with E-state index in [0.29, 0.717) is 18.3 Å². The highest BCUT2D eigenvalue weighted by molar-refractivity contribution is 5.78. The van der Waals surface area contributed by atoms with Gasteiger partial charge in [0.05, 0.1) is 6.61 Å². The molecule has 0 radical (unpaired) electrons. The van der Waals surface area contributed by atoms with Crippen molar-refractivity contribution in [1.29, 1.82) is 0 Å². The van der Waals surface area contributed by atoms with Gasteiger partial charge in [0, 0.05) is 19.7 Å². The summed E-state index contributed by atoms with van der Waals surface area (Å²) in [6.07, 6.45) is 1.74. The summed E-state index contributed by atoms with van der Waals surface area (Å²) in [7, 11) is 0. The second-order valence-electron chi connectivity index (χ2n) is 5.20. The van der Waals surface area contributed by atoms with E-state index in [2.05, 4.69) is 0 Å². The van der Waals surface area contributed by atoms with Crippen LogP contribution in [0.15, 0.2) is 24.3 Å². The minimum absolute atomic E-state index is 0.00400. The molecule has 116 valence electrons. The Morgan fingerprint density at radius 3 is 2.57 bits per heavy atom. The molecule has 1 heterocycles. The number of aliphatic hydroxyl groups excluding tert-OH is 1. The summed E-state index contributed by atoms with van der Waals surface area (Å²) in [5, 5.41) is 8.93. The van der Waals surface area contributed by atoms with Gasteiger partial charge in [-0.15, -0.1) is 0 Å². The van der Waals surface area contributed by atoms with Crippen LogP contribution in [0.1, 0.15) is 19.8 Å². The molecular weight excluding hydrogens is 270 g/mol.